The van der Waals surface area contributed by atoms with E-state index in [4.69, 9.17) is 4.74 Å². The van der Waals surface area contributed by atoms with Crippen molar-refractivity contribution in [3.05, 3.63) is 30.3 Å². The van der Waals surface area contributed by atoms with Crippen molar-refractivity contribution in [1.29, 1.82) is 0 Å². The number of rotatable bonds is 6. The van der Waals surface area contributed by atoms with E-state index in [-0.39, 0.29) is 11.7 Å². The molecule has 1 atom stereocenters. The number of ether oxygens (including phenoxy) is 1. The average Bonchev–Trinajstić information content (AvgIpc) is 2.46. The summed E-state index contributed by atoms with van der Waals surface area (Å²) >= 11 is 0. The topological polar surface area (TPSA) is 46.6 Å². The van der Waals surface area contributed by atoms with Crippen molar-refractivity contribution >= 4 is 10.0 Å². The molecule has 1 aromatic carbocycles. The van der Waals surface area contributed by atoms with Gasteiger partial charge in [0, 0.05) is 19.0 Å². The number of benzene rings is 1. The largest absolute Gasteiger partial charge is 0.493 e. The zero-order valence-corrected chi connectivity index (χ0v) is 12.8. The number of hydrogen-bond donors (Lipinski definition) is 0. The van der Waals surface area contributed by atoms with Crippen LogP contribution in [-0.4, -0.2) is 38.2 Å². The first-order chi connectivity index (χ1) is 9.62. The first-order valence-corrected chi connectivity index (χ1v) is 8.88. The fraction of sp³-hybridized carbons (Fsp3) is 0.600. The van der Waals surface area contributed by atoms with Crippen molar-refractivity contribution in [2.45, 2.75) is 26.2 Å². The Kier molecular flexibility index (Phi) is 5.43. The van der Waals surface area contributed by atoms with E-state index in [0.717, 1.165) is 18.6 Å². The van der Waals surface area contributed by atoms with Crippen molar-refractivity contribution in [3.8, 4) is 5.75 Å². The van der Waals surface area contributed by atoms with Gasteiger partial charge in [-0.25, -0.2) is 12.7 Å². The molecule has 5 heteroatoms. The molecule has 0 bridgehead atoms. The molecule has 1 aliphatic rings. The van der Waals surface area contributed by atoms with E-state index >= 15 is 0 Å². The van der Waals surface area contributed by atoms with Gasteiger partial charge >= 0.3 is 0 Å². The predicted molar refractivity (Wildman–Crippen MR) is 80.3 cm³/mol. The second kappa shape index (κ2) is 7.09. The molecule has 0 spiro atoms. The Morgan fingerprint density at radius 3 is 2.75 bits per heavy atom. The van der Waals surface area contributed by atoms with Crippen molar-refractivity contribution in [2.75, 3.05) is 25.4 Å². The van der Waals surface area contributed by atoms with Gasteiger partial charge in [0.25, 0.3) is 0 Å². The first kappa shape index (κ1) is 15.3. The van der Waals surface area contributed by atoms with Crippen LogP contribution in [0.4, 0.5) is 0 Å². The Balaban J connectivity index is 1.88. The summed E-state index contributed by atoms with van der Waals surface area (Å²) in [4.78, 5) is 0. The molecule has 1 aliphatic heterocycles. The molecule has 2 rings (SSSR count). The summed E-state index contributed by atoms with van der Waals surface area (Å²) in [5, 5.41) is 0. The van der Waals surface area contributed by atoms with Gasteiger partial charge in [0.15, 0.2) is 0 Å². The van der Waals surface area contributed by atoms with Crippen molar-refractivity contribution < 1.29 is 13.2 Å². The van der Waals surface area contributed by atoms with Crippen LogP contribution in [0.5, 0.6) is 5.75 Å². The molecule has 4 nitrogen and oxygen atoms in total. The van der Waals surface area contributed by atoms with E-state index < -0.39 is 10.0 Å². The van der Waals surface area contributed by atoms with Crippen molar-refractivity contribution in [2.24, 2.45) is 5.92 Å². The molecule has 1 fully saturated rings. The molecule has 1 aromatic rings. The standard InChI is InChI=1S/C15H23NO3S/c1-2-11-20(17,18)16-10-6-7-14(12-16)13-19-15-8-4-3-5-9-15/h3-5,8-9,14H,2,6-7,10-13H2,1H3. The fourth-order valence-electron chi connectivity index (χ4n) is 2.53. The molecular formula is C15H23NO3S. The Morgan fingerprint density at radius 2 is 2.05 bits per heavy atom. The summed E-state index contributed by atoms with van der Waals surface area (Å²) < 4.78 is 31.6. The van der Waals surface area contributed by atoms with E-state index in [1.165, 1.54) is 0 Å². The van der Waals surface area contributed by atoms with Crippen LogP contribution in [0.15, 0.2) is 30.3 Å². The number of sulfonamides is 1. The summed E-state index contributed by atoms with van der Waals surface area (Å²) in [7, 11) is -3.07. The summed E-state index contributed by atoms with van der Waals surface area (Å²) in [6, 6.07) is 9.68. The minimum Gasteiger partial charge on any atom is -0.493 e. The maximum absolute atomic E-state index is 12.1. The number of para-hydroxylation sites is 1. The highest BCUT2D eigenvalue weighted by atomic mass is 32.2. The van der Waals surface area contributed by atoms with E-state index in [0.29, 0.717) is 26.1 Å². The van der Waals surface area contributed by atoms with Crippen LogP contribution in [-0.2, 0) is 10.0 Å². The van der Waals surface area contributed by atoms with Crippen LogP contribution in [0.3, 0.4) is 0 Å². The SMILES string of the molecule is CCCS(=O)(=O)N1CCCC(COc2ccccc2)C1. The van der Waals surface area contributed by atoms with Crippen LogP contribution >= 0.6 is 0 Å². The predicted octanol–water partition coefficient (Wildman–Crippen LogP) is 2.52. The molecule has 0 aromatic heterocycles. The smallest absolute Gasteiger partial charge is 0.214 e. The normalized spacial score (nSPS) is 20.8. The zero-order valence-electron chi connectivity index (χ0n) is 12.0. The summed E-state index contributed by atoms with van der Waals surface area (Å²) in [6.45, 7) is 3.74. The van der Waals surface area contributed by atoms with Crippen LogP contribution in [0, 0.1) is 5.92 Å². The molecular weight excluding hydrogens is 274 g/mol. The molecule has 20 heavy (non-hydrogen) atoms. The molecule has 1 saturated heterocycles. The lowest BCUT2D eigenvalue weighted by Gasteiger charge is -2.31. The molecule has 112 valence electrons. The Morgan fingerprint density at radius 1 is 1.30 bits per heavy atom. The summed E-state index contributed by atoms with van der Waals surface area (Å²) in [5.41, 5.74) is 0. The van der Waals surface area contributed by atoms with Gasteiger partial charge in [0.1, 0.15) is 5.75 Å². The lowest BCUT2D eigenvalue weighted by Crippen LogP contribution is -2.42. The van der Waals surface area contributed by atoms with Gasteiger partial charge in [-0.15, -0.1) is 0 Å². The summed E-state index contributed by atoms with van der Waals surface area (Å²) in [6.07, 6.45) is 2.63. The minimum atomic E-state index is -3.07. The number of nitrogens with zero attached hydrogens (tertiary/aromatic N) is 1. The van der Waals surface area contributed by atoms with E-state index in [2.05, 4.69) is 0 Å². The number of hydrogen-bond acceptors (Lipinski definition) is 3. The van der Waals surface area contributed by atoms with E-state index in [1.54, 1.807) is 4.31 Å². The molecule has 0 N–H and O–H groups in total. The summed E-state index contributed by atoms with van der Waals surface area (Å²) in [5.74, 6) is 1.39. The van der Waals surface area contributed by atoms with Gasteiger partial charge in [-0.2, -0.15) is 0 Å². The maximum Gasteiger partial charge on any atom is 0.214 e. The molecule has 0 saturated carbocycles. The third-order valence-corrected chi connectivity index (χ3v) is 5.61. The van der Waals surface area contributed by atoms with Gasteiger partial charge < -0.3 is 4.74 Å². The Hall–Kier alpha value is -1.07. The Bertz CT molecular complexity index is 501. The molecule has 0 amide bonds. The Labute approximate surface area is 121 Å². The third kappa shape index (κ3) is 4.21. The molecule has 0 aliphatic carbocycles. The molecule has 1 heterocycles. The second-order valence-electron chi connectivity index (χ2n) is 5.31. The zero-order chi connectivity index (χ0) is 14.4. The van der Waals surface area contributed by atoms with Gasteiger partial charge in [-0.3, -0.25) is 0 Å². The quantitative estimate of drug-likeness (QED) is 0.810. The van der Waals surface area contributed by atoms with E-state index in [9.17, 15) is 8.42 Å². The van der Waals surface area contributed by atoms with E-state index in [1.807, 2.05) is 37.3 Å². The highest BCUT2D eigenvalue weighted by Crippen LogP contribution is 2.21. The number of piperidine rings is 1. The van der Waals surface area contributed by atoms with Crippen LogP contribution in [0.25, 0.3) is 0 Å². The van der Waals surface area contributed by atoms with Crippen LogP contribution < -0.4 is 4.74 Å². The lowest BCUT2D eigenvalue weighted by atomic mass is 10.0. The van der Waals surface area contributed by atoms with Gasteiger partial charge in [-0.1, -0.05) is 25.1 Å². The minimum absolute atomic E-state index is 0.249. The third-order valence-electron chi connectivity index (χ3n) is 3.57. The first-order valence-electron chi connectivity index (χ1n) is 7.27. The van der Waals surface area contributed by atoms with Crippen LogP contribution in [0.2, 0.25) is 0 Å². The average molecular weight is 297 g/mol. The lowest BCUT2D eigenvalue weighted by molar-refractivity contribution is 0.180. The monoisotopic (exact) mass is 297 g/mol. The second-order valence-corrected chi connectivity index (χ2v) is 7.39. The van der Waals surface area contributed by atoms with Gasteiger partial charge in [0.05, 0.1) is 12.4 Å². The van der Waals surface area contributed by atoms with Gasteiger partial charge in [0.2, 0.25) is 10.0 Å². The molecule has 1 unspecified atom stereocenters. The fourth-order valence-corrected chi connectivity index (χ4v) is 4.15. The highest BCUT2D eigenvalue weighted by Gasteiger charge is 2.28. The van der Waals surface area contributed by atoms with Crippen molar-refractivity contribution in [3.63, 3.8) is 0 Å². The van der Waals surface area contributed by atoms with Crippen LogP contribution in [0.1, 0.15) is 26.2 Å². The highest BCUT2D eigenvalue weighted by molar-refractivity contribution is 7.89. The maximum atomic E-state index is 12.1. The van der Waals surface area contributed by atoms with Crippen molar-refractivity contribution in [1.82, 2.24) is 4.31 Å². The van der Waals surface area contributed by atoms with Gasteiger partial charge in [-0.05, 0) is 31.4 Å². The molecule has 0 radical (unpaired) electrons.